The highest BCUT2D eigenvalue weighted by atomic mass is 127. The van der Waals surface area contributed by atoms with E-state index in [9.17, 15) is 4.39 Å². The van der Waals surface area contributed by atoms with Crippen LogP contribution in [0.2, 0.25) is 0 Å². The number of hydrogen-bond donors (Lipinski definition) is 1. The third kappa shape index (κ3) is 2.20. The smallest absolute Gasteiger partial charge is 0.125 e. The molecule has 2 heterocycles. The fourth-order valence-corrected chi connectivity index (χ4v) is 4.34. The van der Waals surface area contributed by atoms with Gasteiger partial charge in [-0.2, -0.15) is 4.37 Å². The maximum atomic E-state index is 13.3. The van der Waals surface area contributed by atoms with Crippen molar-refractivity contribution in [2.45, 2.75) is 18.8 Å². The van der Waals surface area contributed by atoms with E-state index in [1.807, 2.05) is 0 Å². The second-order valence-corrected chi connectivity index (χ2v) is 6.32. The Kier molecular flexibility index (Phi) is 3.32. The minimum Gasteiger partial charge on any atom is -0.317 e. The second-order valence-electron chi connectivity index (χ2n) is 4.35. The monoisotopic (exact) mass is 362 g/mol. The quantitative estimate of drug-likeness (QED) is 0.786. The van der Waals surface area contributed by atoms with Crippen LogP contribution >= 0.6 is 34.1 Å². The number of hydrogen-bond acceptors (Lipinski definition) is 3. The van der Waals surface area contributed by atoms with E-state index >= 15 is 0 Å². The summed E-state index contributed by atoms with van der Waals surface area (Å²) in [5.74, 6) is 0.367. The van der Waals surface area contributed by atoms with Crippen molar-refractivity contribution in [2.24, 2.45) is 0 Å². The van der Waals surface area contributed by atoms with Gasteiger partial charge < -0.3 is 5.32 Å². The van der Waals surface area contributed by atoms with Crippen LogP contribution in [0.4, 0.5) is 4.39 Å². The van der Waals surface area contributed by atoms with Gasteiger partial charge >= 0.3 is 0 Å². The molecule has 1 aliphatic heterocycles. The van der Waals surface area contributed by atoms with E-state index in [0.29, 0.717) is 5.92 Å². The van der Waals surface area contributed by atoms with Crippen LogP contribution in [0.15, 0.2) is 12.1 Å². The topological polar surface area (TPSA) is 24.9 Å². The lowest BCUT2D eigenvalue weighted by atomic mass is 9.93. The van der Waals surface area contributed by atoms with Crippen LogP contribution in [0.1, 0.15) is 24.5 Å². The van der Waals surface area contributed by atoms with Gasteiger partial charge in [-0.15, -0.1) is 0 Å². The Balaban J connectivity index is 2.10. The highest BCUT2D eigenvalue weighted by Gasteiger charge is 2.21. The predicted molar refractivity (Wildman–Crippen MR) is 77.1 cm³/mol. The lowest BCUT2D eigenvalue weighted by Crippen LogP contribution is -2.26. The summed E-state index contributed by atoms with van der Waals surface area (Å²) in [5.41, 5.74) is 1.18. The number of rotatable bonds is 1. The van der Waals surface area contributed by atoms with Crippen molar-refractivity contribution in [3.05, 3.63) is 27.2 Å². The number of halogens is 2. The van der Waals surface area contributed by atoms with E-state index in [2.05, 4.69) is 32.3 Å². The van der Waals surface area contributed by atoms with E-state index in [1.54, 1.807) is 12.1 Å². The molecule has 0 aliphatic carbocycles. The van der Waals surface area contributed by atoms with Crippen molar-refractivity contribution in [1.82, 2.24) is 9.69 Å². The minimum atomic E-state index is -0.164. The third-order valence-corrected chi connectivity index (χ3v) is 4.90. The Hall–Kier alpha value is -0.270. The molecule has 0 unspecified atom stereocenters. The van der Waals surface area contributed by atoms with E-state index < -0.39 is 0 Å². The molecular formula is C12H12FIN2S. The van der Waals surface area contributed by atoms with Gasteiger partial charge in [-0.3, -0.25) is 0 Å². The Morgan fingerprint density at radius 1 is 1.35 bits per heavy atom. The first kappa shape index (κ1) is 11.8. The zero-order chi connectivity index (χ0) is 11.8. The number of benzene rings is 1. The molecule has 0 bridgehead atoms. The second kappa shape index (κ2) is 4.78. The van der Waals surface area contributed by atoms with Crippen LogP contribution in [0, 0.1) is 9.39 Å². The molecule has 5 heteroatoms. The van der Waals surface area contributed by atoms with Gasteiger partial charge in [0, 0.05) is 14.9 Å². The first-order chi connectivity index (χ1) is 8.25. The average Bonchev–Trinajstić information content (AvgIpc) is 2.74. The van der Waals surface area contributed by atoms with E-state index in [-0.39, 0.29) is 5.82 Å². The molecule has 0 atom stereocenters. The number of piperidine rings is 1. The zero-order valence-corrected chi connectivity index (χ0v) is 12.1. The molecule has 1 aliphatic rings. The van der Waals surface area contributed by atoms with Gasteiger partial charge in [-0.05, 0) is 72.2 Å². The van der Waals surface area contributed by atoms with E-state index in [4.69, 9.17) is 0 Å². The van der Waals surface area contributed by atoms with Crippen molar-refractivity contribution in [1.29, 1.82) is 0 Å². The number of aromatic nitrogens is 1. The normalized spacial score (nSPS) is 17.8. The van der Waals surface area contributed by atoms with E-state index in [1.165, 1.54) is 22.6 Å². The first-order valence-electron chi connectivity index (χ1n) is 5.71. The lowest BCUT2D eigenvalue weighted by Gasteiger charge is -2.21. The standard InChI is InChI=1S/C12H12FIN2S/c13-8-5-9(14)11-10(6-8)17-16-12(11)7-1-3-15-4-2-7/h5-7,15H,1-4H2. The summed E-state index contributed by atoms with van der Waals surface area (Å²) in [4.78, 5) is 0. The van der Waals surface area contributed by atoms with Crippen LogP contribution in [0.25, 0.3) is 10.1 Å². The fraction of sp³-hybridized carbons (Fsp3) is 0.417. The molecule has 1 saturated heterocycles. The summed E-state index contributed by atoms with van der Waals surface area (Å²) in [6.45, 7) is 2.11. The summed E-state index contributed by atoms with van der Waals surface area (Å²) < 4.78 is 19.8. The van der Waals surface area contributed by atoms with Gasteiger partial charge in [-0.25, -0.2) is 4.39 Å². The van der Waals surface area contributed by atoms with Crippen LogP contribution in [-0.2, 0) is 0 Å². The van der Waals surface area contributed by atoms with Gasteiger partial charge in [-0.1, -0.05) is 0 Å². The molecule has 1 aromatic heterocycles. The molecule has 1 fully saturated rings. The van der Waals surface area contributed by atoms with Crippen LogP contribution < -0.4 is 5.32 Å². The largest absolute Gasteiger partial charge is 0.317 e. The summed E-state index contributed by atoms with van der Waals surface area (Å²) in [5, 5.41) is 4.53. The lowest BCUT2D eigenvalue weighted by molar-refractivity contribution is 0.457. The molecule has 0 spiro atoms. The van der Waals surface area contributed by atoms with Gasteiger partial charge in [0.2, 0.25) is 0 Å². The van der Waals surface area contributed by atoms with Crippen molar-refractivity contribution >= 4 is 44.2 Å². The van der Waals surface area contributed by atoms with Crippen molar-refractivity contribution in [3.63, 3.8) is 0 Å². The Morgan fingerprint density at radius 3 is 2.88 bits per heavy atom. The molecule has 17 heavy (non-hydrogen) atoms. The van der Waals surface area contributed by atoms with Crippen LogP contribution in [0.5, 0.6) is 0 Å². The number of nitrogens with one attached hydrogen (secondary N) is 1. The summed E-state index contributed by atoms with van der Waals surface area (Å²) >= 11 is 3.63. The van der Waals surface area contributed by atoms with Gasteiger partial charge in [0.1, 0.15) is 5.82 Å². The molecule has 2 nitrogen and oxygen atoms in total. The van der Waals surface area contributed by atoms with Gasteiger partial charge in [0.25, 0.3) is 0 Å². The summed E-state index contributed by atoms with van der Waals surface area (Å²) in [7, 11) is 0. The number of fused-ring (bicyclic) bond motifs is 1. The average molecular weight is 362 g/mol. The predicted octanol–water partition coefficient (Wildman–Crippen LogP) is 3.51. The molecule has 0 amide bonds. The molecule has 1 N–H and O–H groups in total. The number of nitrogens with zero attached hydrogens (tertiary/aromatic N) is 1. The Bertz CT molecular complexity index is 549. The molecule has 0 radical (unpaired) electrons. The molecule has 1 aromatic carbocycles. The maximum absolute atomic E-state index is 13.3. The first-order valence-corrected chi connectivity index (χ1v) is 7.56. The van der Waals surface area contributed by atoms with E-state index in [0.717, 1.165) is 34.2 Å². The molecule has 0 saturated carbocycles. The van der Waals surface area contributed by atoms with Crippen LogP contribution in [-0.4, -0.2) is 17.5 Å². The van der Waals surface area contributed by atoms with Crippen molar-refractivity contribution in [2.75, 3.05) is 13.1 Å². The Labute approximate surface area is 117 Å². The van der Waals surface area contributed by atoms with Gasteiger partial charge in [0.05, 0.1) is 10.4 Å². The Morgan fingerprint density at radius 2 is 2.12 bits per heavy atom. The highest BCUT2D eigenvalue weighted by Crippen LogP contribution is 2.35. The van der Waals surface area contributed by atoms with Crippen molar-refractivity contribution in [3.8, 4) is 0 Å². The summed E-state index contributed by atoms with van der Waals surface area (Å²) in [6, 6.07) is 3.20. The third-order valence-electron chi connectivity index (χ3n) is 3.24. The summed E-state index contributed by atoms with van der Waals surface area (Å²) in [6.07, 6.45) is 2.26. The highest BCUT2D eigenvalue weighted by molar-refractivity contribution is 14.1. The van der Waals surface area contributed by atoms with Gasteiger partial charge in [0.15, 0.2) is 0 Å². The zero-order valence-electron chi connectivity index (χ0n) is 9.17. The molecular weight excluding hydrogens is 350 g/mol. The fourth-order valence-electron chi connectivity index (χ4n) is 2.39. The maximum Gasteiger partial charge on any atom is 0.125 e. The van der Waals surface area contributed by atoms with Crippen molar-refractivity contribution < 1.29 is 4.39 Å². The molecule has 90 valence electrons. The van der Waals surface area contributed by atoms with Crippen LogP contribution in [0.3, 0.4) is 0 Å². The minimum absolute atomic E-state index is 0.164. The molecule has 3 rings (SSSR count). The SMILES string of the molecule is Fc1cc(I)c2c(C3CCNCC3)nsc2c1. The molecule has 2 aromatic rings.